The number of aliphatic hydroxyl groups is 1. The van der Waals surface area contributed by atoms with Crippen LogP contribution in [0.25, 0.3) is 0 Å². The van der Waals surface area contributed by atoms with E-state index in [0.717, 1.165) is 5.56 Å². The van der Waals surface area contributed by atoms with Crippen molar-refractivity contribution in [2.24, 2.45) is 0 Å². The Labute approximate surface area is 82.5 Å². The number of aliphatic hydroxyl groups excluding tert-OH is 1. The molecule has 0 aromatic carbocycles. The van der Waals surface area contributed by atoms with Crippen LogP contribution in [0.3, 0.4) is 0 Å². The lowest BCUT2D eigenvalue weighted by atomic mass is 9.97. The molecule has 2 rings (SSSR count). The van der Waals surface area contributed by atoms with Crippen LogP contribution < -0.4 is 4.74 Å². The van der Waals surface area contributed by atoms with Crippen LogP contribution in [0, 0.1) is 0 Å². The highest BCUT2D eigenvalue weighted by Crippen LogP contribution is 2.44. The molecule has 0 saturated heterocycles. The Morgan fingerprint density at radius 3 is 2.93 bits per heavy atom. The molecule has 0 saturated carbocycles. The van der Waals surface area contributed by atoms with E-state index in [1.807, 2.05) is 19.9 Å². The molecule has 1 N–H and O–H groups in total. The largest absolute Gasteiger partial charge is 0.481 e. The second-order valence-corrected chi connectivity index (χ2v) is 3.76. The summed E-state index contributed by atoms with van der Waals surface area (Å²) in [7, 11) is 1.53. The van der Waals surface area contributed by atoms with Gasteiger partial charge in [-0.05, 0) is 25.5 Å². The highest BCUT2D eigenvalue weighted by molar-refractivity contribution is 5.41. The van der Waals surface area contributed by atoms with Crippen molar-refractivity contribution in [1.82, 2.24) is 4.98 Å². The third kappa shape index (κ3) is 1.19. The molecule has 1 unspecified atom stereocenters. The van der Waals surface area contributed by atoms with E-state index < -0.39 is 11.9 Å². The monoisotopic (exact) mass is 195 g/mol. The molecular formula is C10H13NO3. The van der Waals surface area contributed by atoms with Crippen molar-refractivity contribution in [2.45, 2.75) is 25.7 Å². The normalized spacial score (nSPS) is 23.3. The maximum Gasteiger partial charge on any atom is 0.221 e. The standard InChI is InChI=1S/C10H13NO3/c1-10(2)6-4-5-11-8(13-3)7(6)9(12)14-10/h4-5,9,12H,1-3H3. The van der Waals surface area contributed by atoms with Gasteiger partial charge in [0.25, 0.3) is 0 Å². The number of rotatable bonds is 1. The average molecular weight is 195 g/mol. The van der Waals surface area contributed by atoms with Gasteiger partial charge >= 0.3 is 0 Å². The summed E-state index contributed by atoms with van der Waals surface area (Å²) in [4.78, 5) is 4.02. The van der Waals surface area contributed by atoms with E-state index >= 15 is 0 Å². The maximum absolute atomic E-state index is 9.69. The minimum absolute atomic E-state index is 0.431. The third-order valence-electron chi connectivity index (χ3n) is 2.45. The Bertz CT molecular complexity index is 362. The fourth-order valence-electron chi connectivity index (χ4n) is 1.78. The number of hydrogen-bond donors (Lipinski definition) is 1. The highest BCUT2D eigenvalue weighted by Gasteiger charge is 2.39. The molecule has 1 atom stereocenters. The van der Waals surface area contributed by atoms with Gasteiger partial charge in [0.15, 0.2) is 6.29 Å². The lowest BCUT2D eigenvalue weighted by molar-refractivity contribution is -0.158. The number of nitrogens with zero attached hydrogens (tertiary/aromatic N) is 1. The molecule has 1 aromatic heterocycles. The van der Waals surface area contributed by atoms with Crippen LogP contribution in [0.1, 0.15) is 31.3 Å². The van der Waals surface area contributed by atoms with Crippen molar-refractivity contribution in [3.05, 3.63) is 23.4 Å². The van der Waals surface area contributed by atoms with Crippen LogP contribution >= 0.6 is 0 Å². The van der Waals surface area contributed by atoms with Gasteiger partial charge in [0.1, 0.15) is 0 Å². The lowest BCUT2D eigenvalue weighted by Crippen LogP contribution is -2.15. The van der Waals surface area contributed by atoms with Crippen molar-refractivity contribution in [3.63, 3.8) is 0 Å². The van der Waals surface area contributed by atoms with Crippen molar-refractivity contribution in [2.75, 3.05) is 7.11 Å². The summed E-state index contributed by atoms with van der Waals surface area (Å²) in [6.07, 6.45) is 0.713. The fraction of sp³-hybridized carbons (Fsp3) is 0.500. The van der Waals surface area contributed by atoms with Crippen LogP contribution in [0.15, 0.2) is 12.3 Å². The molecule has 4 heteroatoms. The Morgan fingerprint density at radius 2 is 2.29 bits per heavy atom. The topological polar surface area (TPSA) is 51.6 Å². The van der Waals surface area contributed by atoms with Gasteiger partial charge < -0.3 is 14.6 Å². The van der Waals surface area contributed by atoms with Gasteiger partial charge in [-0.3, -0.25) is 0 Å². The van der Waals surface area contributed by atoms with Crippen molar-refractivity contribution >= 4 is 0 Å². The number of methoxy groups -OCH3 is 1. The van der Waals surface area contributed by atoms with E-state index in [2.05, 4.69) is 4.98 Å². The van der Waals surface area contributed by atoms with Crippen LogP contribution in [0.4, 0.5) is 0 Å². The first kappa shape index (κ1) is 9.43. The molecule has 0 bridgehead atoms. The molecule has 14 heavy (non-hydrogen) atoms. The predicted octanol–water partition coefficient (Wildman–Crippen LogP) is 1.35. The zero-order valence-corrected chi connectivity index (χ0v) is 8.44. The number of hydrogen-bond acceptors (Lipinski definition) is 4. The molecule has 0 fully saturated rings. The summed E-state index contributed by atoms with van der Waals surface area (Å²) in [5.41, 5.74) is 1.09. The van der Waals surface area contributed by atoms with Gasteiger partial charge in [-0.15, -0.1) is 0 Å². The molecule has 1 aromatic rings. The van der Waals surface area contributed by atoms with Gasteiger partial charge in [0.05, 0.1) is 18.3 Å². The van der Waals surface area contributed by atoms with E-state index in [1.165, 1.54) is 7.11 Å². The molecular weight excluding hydrogens is 182 g/mol. The van der Waals surface area contributed by atoms with E-state index in [9.17, 15) is 5.11 Å². The van der Waals surface area contributed by atoms with Crippen molar-refractivity contribution in [3.8, 4) is 5.88 Å². The Morgan fingerprint density at radius 1 is 1.57 bits per heavy atom. The average Bonchev–Trinajstić information content (AvgIpc) is 2.38. The number of ether oxygens (including phenoxy) is 2. The van der Waals surface area contributed by atoms with Crippen LogP contribution in [0.5, 0.6) is 5.88 Å². The summed E-state index contributed by atoms with van der Waals surface area (Å²) in [5, 5.41) is 9.69. The first-order valence-corrected chi connectivity index (χ1v) is 4.45. The maximum atomic E-state index is 9.69. The molecule has 1 aliphatic rings. The fourth-order valence-corrected chi connectivity index (χ4v) is 1.78. The predicted molar refractivity (Wildman–Crippen MR) is 49.9 cm³/mol. The number of fused-ring (bicyclic) bond motifs is 1. The highest BCUT2D eigenvalue weighted by atomic mass is 16.6. The quantitative estimate of drug-likeness (QED) is 0.734. The molecule has 0 spiro atoms. The van der Waals surface area contributed by atoms with Crippen LogP contribution in [-0.4, -0.2) is 17.2 Å². The molecule has 4 nitrogen and oxygen atoms in total. The summed E-state index contributed by atoms with van der Waals surface area (Å²) in [6, 6.07) is 1.84. The minimum atomic E-state index is -0.941. The molecule has 76 valence electrons. The minimum Gasteiger partial charge on any atom is -0.481 e. The third-order valence-corrected chi connectivity index (χ3v) is 2.45. The van der Waals surface area contributed by atoms with Gasteiger partial charge in [-0.25, -0.2) is 4.98 Å². The molecule has 0 amide bonds. The van der Waals surface area contributed by atoms with E-state index in [1.54, 1.807) is 6.20 Å². The molecule has 1 aliphatic heterocycles. The Hall–Kier alpha value is -1.13. The van der Waals surface area contributed by atoms with Gasteiger partial charge in [-0.1, -0.05) is 0 Å². The Kier molecular flexibility index (Phi) is 1.97. The van der Waals surface area contributed by atoms with Gasteiger partial charge in [0, 0.05) is 6.20 Å². The smallest absolute Gasteiger partial charge is 0.221 e. The summed E-state index contributed by atoms with van der Waals surface area (Å²) >= 11 is 0. The number of pyridine rings is 1. The SMILES string of the molecule is COc1nccc2c1C(O)OC2(C)C. The summed E-state index contributed by atoms with van der Waals surface area (Å²) in [6.45, 7) is 3.81. The van der Waals surface area contributed by atoms with E-state index in [0.29, 0.717) is 11.4 Å². The molecule has 0 radical (unpaired) electrons. The first-order valence-electron chi connectivity index (χ1n) is 4.45. The zero-order valence-electron chi connectivity index (χ0n) is 8.44. The Balaban J connectivity index is 2.61. The molecule has 0 aliphatic carbocycles. The zero-order chi connectivity index (χ0) is 10.3. The van der Waals surface area contributed by atoms with Crippen molar-refractivity contribution < 1.29 is 14.6 Å². The van der Waals surface area contributed by atoms with E-state index in [4.69, 9.17) is 9.47 Å². The second-order valence-electron chi connectivity index (χ2n) is 3.76. The van der Waals surface area contributed by atoms with E-state index in [-0.39, 0.29) is 0 Å². The van der Waals surface area contributed by atoms with Crippen molar-refractivity contribution in [1.29, 1.82) is 0 Å². The second kappa shape index (κ2) is 2.93. The summed E-state index contributed by atoms with van der Waals surface area (Å²) in [5.74, 6) is 0.431. The van der Waals surface area contributed by atoms with Crippen LogP contribution in [0.2, 0.25) is 0 Å². The van der Waals surface area contributed by atoms with Gasteiger partial charge in [0.2, 0.25) is 5.88 Å². The summed E-state index contributed by atoms with van der Waals surface area (Å²) < 4.78 is 10.5. The number of aromatic nitrogens is 1. The first-order chi connectivity index (χ1) is 6.56. The van der Waals surface area contributed by atoms with Gasteiger partial charge in [-0.2, -0.15) is 0 Å². The lowest BCUT2D eigenvalue weighted by Gasteiger charge is -2.18. The molecule has 2 heterocycles. The van der Waals surface area contributed by atoms with Crippen LogP contribution in [-0.2, 0) is 10.3 Å².